The molecule has 182 valence electrons. The van der Waals surface area contributed by atoms with Crippen molar-refractivity contribution in [2.45, 2.75) is 36.8 Å². The fourth-order valence-corrected chi connectivity index (χ4v) is 5.52. The molecule has 0 saturated heterocycles. The summed E-state index contributed by atoms with van der Waals surface area (Å²) in [5, 5.41) is 18.2. The SMILES string of the molecule is O=c1c(C2=NS(=O)(=O)c3ccccc3N2)c(O)c2ccccc2n1N=C1CCCC(C(F)(F)F)C1. The van der Waals surface area contributed by atoms with Crippen molar-refractivity contribution in [3.05, 3.63) is 64.4 Å². The largest absolute Gasteiger partial charge is 0.506 e. The highest BCUT2D eigenvalue weighted by Crippen LogP contribution is 2.37. The molecule has 1 aliphatic carbocycles. The van der Waals surface area contributed by atoms with Crippen LogP contribution in [0.4, 0.5) is 18.9 Å². The number of nitrogens with one attached hydrogen (secondary N) is 1. The predicted octanol–water partition coefficient (Wildman–Crippen LogP) is 4.22. The van der Waals surface area contributed by atoms with Crippen LogP contribution < -0.4 is 10.9 Å². The van der Waals surface area contributed by atoms with E-state index in [4.69, 9.17) is 0 Å². The molecular weight excluding hydrogens is 485 g/mol. The number of anilines is 1. The summed E-state index contributed by atoms with van der Waals surface area (Å²) in [7, 11) is -4.18. The summed E-state index contributed by atoms with van der Waals surface area (Å²) in [4.78, 5) is 13.4. The summed E-state index contributed by atoms with van der Waals surface area (Å²) < 4.78 is 70.0. The Hall–Kier alpha value is -3.67. The van der Waals surface area contributed by atoms with Gasteiger partial charge >= 0.3 is 6.18 Å². The van der Waals surface area contributed by atoms with E-state index in [2.05, 4.69) is 14.8 Å². The smallest absolute Gasteiger partial charge is 0.392 e. The number of hydrogen-bond acceptors (Lipinski definition) is 6. The van der Waals surface area contributed by atoms with Crippen LogP contribution in [0.2, 0.25) is 0 Å². The van der Waals surface area contributed by atoms with Crippen molar-refractivity contribution < 1.29 is 26.7 Å². The van der Waals surface area contributed by atoms with Crippen molar-refractivity contribution in [3.8, 4) is 5.75 Å². The van der Waals surface area contributed by atoms with E-state index in [9.17, 15) is 31.5 Å². The first kappa shape index (κ1) is 23.1. The van der Waals surface area contributed by atoms with Crippen LogP contribution in [0.25, 0.3) is 10.9 Å². The lowest BCUT2D eigenvalue weighted by Crippen LogP contribution is -2.33. The number of halogens is 3. The van der Waals surface area contributed by atoms with Gasteiger partial charge in [0, 0.05) is 11.1 Å². The second-order valence-electron chi connectivity index (χ2n) is 8.39. The van der Waals surface area contributed by atoms with Crippen molar-refractivity contribution in [2.75, 3.05) is 5.32 Å². The minimum absolute atomic E-state index is 0.0169. The van der Waals surface area contributed by atoms with Crippen molar-refractivity contribution in [1.82, 2.24) is 4.68 Å². The third kappa shape index (κ3) is 4.07. The van der Waals surface area contributed by atoms with Crippen LogP contribution in [-0.4, -0.2) is 35.9 Å². The highest BCUT2D eigenvalue weighted by atomic mass is 32.2. The summed E-state index contributed by atoms with van der Waals surface area (Å²) in [5.74, 6) is -2.47. The standard InChI is InChI=1S/C23H19F3N4O4S/c24-23(25,26)13-6-5-7-14(12-13)28-30-17-10-3-1-8-15(17)20(31)19(22(30)32)21-27-16-9-2-4-11-18(16)35(33,34)29-21/h1-4,8-11,13,31H,5-7,12H2,(H,27,29). The third-order valence-corrected chi connectivity index (χ3v) is 7.44. The molecule has 8 nitrogen and oxygen atoms in total. The van der Waals surface area contributed by atoms with Gasteiger partial charge < -0.3 is 10.4 Å². The first-order valence-corrected chi connectivity index (χ1v) is 12.2. The minimum atomic E-state index is -4.38. The van der Waals surface area contributed by atoms with Gasteiger partial charge in [0.25, 0.3) is 15.6 Å². The Morgan fingerprint density at radius 1 is 1.11 bits per heavy atom. The normalized spacial score (nSPS) is 20.8. The molecule has 2 aromatic carbocycles. The first-order valence-electron chi connectivity index (χ1n) is 10.8. The molecule has 0 radical (unpaired) electrons. The van der Waals surface area contributed by atoms with Gasteiger partial charge in [-0.2, -0.15) is 31.4 Å². The van der Waals surface area contributed by atoms with Gasteiger partial charge in [-0.25, -0.2) is 0 Å². The molecule has 1 saturated carbocycles. The lowest BCUT2D eigenvalue weighted by atomic mass is 9.87. The second kappa shape index (κ2) is 8.22. The van der Waals surface area contributed by atoms with Gasteiger partial charge in [-0.3, -0.25) is 4.79 Å². The average molecular weight is 504 g/mol. The molecule has 1 atom stereocenters. The minimum Gasteiger partial charge on any atom is -0.506 e. The van der Waals surface area contributed by atoms with Gasteiger partial charge in [0.1, 0.15) is 16.2 Å². The summed E-state index contributed by atoms with van der Waals surface area (Å²) >= 11 is 0. The van der Waals surface area contributed by atoms with E-state index in [-0.39, 0.29) is 52.9 Å². The number of amidine groups is 1. The van der Waals surface area contributed by atoms with Gasteiger partial charge in [-0.05, 0) is 49.9 Å². The van der Waals surface area contributed by atoms with Gasteiger partial charge in [0.15, 0.2) is 5.84 Å². The maximum atomic E-state index is 13.5. The third-order valence-electron chi connectivity index (χ3n) is 6.10. The Labute approximate surface area is 197 Å². The Bertz CT molecular complexity index is 1580. The van der Waals surface area contributed by atoms with Crippen LogP contribution in [0.3, 0.4) is 0 Å². The summed E-state index contributed by atoms with van der Waals surface area (Å²) in [6.45, 7) is 0. The zero-order chi connectivity index (χ0) is 25.0. The van der Waals surface area contributed by atoms with Crippen LogP contribution in [0.5, 0.6) is 5.75 Å². The van der Waals surface area contributed by atoms with Crippen LogP contribution in [0, 0.1) is 5.92 Å². The Balaban J connectivity index is 1.71. The highest BCUT2D eigenvalue weighted by molar-refractivity contribution is 7.90. The Kier molecular flexibility index (Phi) is 5.42. The number of fused-ring (bicyclic) bond motifs is 2. The lowest BCUT2D eigenvalue weighted by molar-refractivity contribution is -0.175. The maximum Gasteiger partial charge on any atom is 0.392 e. The molecule has 2 heterocycles. The van der Waals surface area contributed by atoms with E-state index in [1.807, 2.05) is 0 Å². The van der Waals surface area contributed by atoms with Crippen LogP contribution in [0.15, 0.2) is 67.7 Å². The van der Waals surface area contributed by atoms with Crippen LogP contribution in [0.1, 0.15) is 31.2 Å². The Morgan fingerprint density at radius 2 is 1.83 bits per heavy atom. The number of aromatic nitrogens is 1. The number of aromatic hydroxyl groups is 1. The average Bonchev–Trinajstić information content (AvgIpc) is 2.81. The zero-order valence-electron chi connectivity index (χ0n) is 18.1. The van der Waals surface area contributed by atoms with Gasteiger partial charge in [0.05, 0.1) is 17.1 Å². The fourth-order valence-electron chi connectivity index (χ4n) is 4.40. The van der Waals surface area contributed by atoms with Gasteiger partial charge in [-0.15, -0.1) is 4.40 Å². The molecule has 12 heteroatoms. The van der Waals surface area contributed by atoms with Crippen LogP contribution >= 0.6 is 0 Å². The summed E-state index contributed by atoms with van der Waals surface area (Å²) in [6.07, 6.45) is -4.19. The number of benzene rings is 2. The molecule has 1 unspecified atom stereocenters. The molecule has 3 aromatic rings. The predicted molar refractivity (Wildman–Crippen MR) is 125 cm³/mol. The molecular formula is C23H19F3N4O4S. The van der Waals surface area contributed by atoms with E-state index in [0.717, 1.165) is 4.68 Å². The number of pyridine rings is 1. The van der Waals surface area contributed by atoms with Crippen molar-refractivity contribution in [3.63, 3.8) is 0 Å². The quantitative estimate of drug-likeness (QED) is 0.543. The van der Waals surface area contributed by atoms with E-state index >= 15 is 0 Å². The Morgan fingerprint density at radius 3 is 2.60 bits per heavy atom. The molecule has 5 rings (SSSR count). The fraction of sp³-hybridized carbons (Fsp3) is 0.261. The van der Waals surface area contributed by atoms with E-state index in [1.165, 1.54) is 30.3 Å². The van der Waals surface area contributed by atoms with Crippen LogP contribution in [-0.2, 0) is 10.0 Å². The van der Waals surface area contributed by atoms with Gasteiger partial charge in [0.2, 0.25) is 0 Å². The molecule has 1 aliphatic heterocycles. The second-order valence-corrected chi connectivity index (χ2v) is 9.97. The molecule has 0 spiro atoms. The molecule has 0 bridgehead atoms. The molecule has 2 N–H and O–H groups in total. The molecule has 1 aromatic heterocycles. The van der Waals surface area contributed by atoms with Crippen molar-refractivity contribution in [1.29, 1.82) is 0 Å². The number of alkyl halides is 3. The first-order chi connectivity index (χ1) is 16.6. The molecule has 1 fully saturated rings. The number of rotatable bonds is 2. The lowest BCUT2D eigenvalue weighted by Gasteiger charge is -2.25. The van der Waals surface area contributed by atoms with Gasteiger partial charge in [-0.1, -0.05) is 24.3 Å². The van der Waals surface area contributed by atoms with Crippen molar-refractivity contribution in [2.24, 2.45) is 15.4 Å². The van der Waals surface area contributed by atoms with E-state index < -0.39 is 44.8 Å². The highest BCUT2D eigenvalue weighted by Gasteiger charge is 2.41. The summed E-state index contributed by atoms with van der Waals surface area (Å²) in [5.41, 5.74) is -0.834. The number of nitrogens with zero attached hydrogens (tertiary/aromatic N) is 3. The summed E-state index contributed by atoms with van der Waals surface area (Å²) in [6, 6.07) is 12.1. The maximum absolute atomic E-state index is 13.5. The molecule has 0 amide bonds. The van der Waals surface area contributed by atoms with E-state index in [0.29, 0.717) is 0 Å². The number of sulfonamides is 1. The number of hydrogen-bond donors (Lipinski definition) is 2. The molecule has 35 heavy (non-hydrogen) atoms. The topological polar surface area (TPSA) is 113 Å². The zero-order valence-corrected chi connectivity index (χ0v) is 18.9. The van der Waals surface area contributed by atoms with Crippen molar-refractivity contribution >= 4 is 38.2 Å². The van der Waals surface area contributed by atoms with E-state index in [1.54, 1.807) is 18.2 Å². The number of para-hydroxylation sites is 2. The molecule has 2 aliphatic rings. The monoisotopic (exact) mass is 504 g/mol.